The molecule has 2 N–H and O–H groups in total. The van der Waals surface area contributed by atoms with Crippen LogP contribution in [0.5, 0.6) is 0 Å². The van der Waals surface area contributed by atoms with Crippen LogP contribution in [0.3, 0.4) is 0 Å². The van der Waals surface area contributed by atoms with E-state index in [9.17, 15) is 9.59 Å². The smallest absolute Gasteiger partial charge is 0.251 e. The molecule has 2 heterocycles. The number of amides is 2. The van der Waals surface area contributed by atoms with Gasteiger partial charge in [-0.25, -0.2) is 0 Å². The predicted octanol–water partition coefficient (Wildman–Crippen LogP) is 3.09. The fourth-order valence-electron chi connectivity index (χ4n) is 4.36. The summed E-state index contributed by atoms with van der Waals surface area (Å²) >= 11 is 0. The van der Waals surface area contributed by atoms with Gasteiger partial charge in [-0.15, -0.1) is 0 Å². The Morgan fingerprint density at radius 1 is 1.07 bits per heavy atom. The van der Waals surface area contributed by atoms with Gasteiger partial charge in [-0.05, 0) is 54.8 Å². The number of carbonyl (C=O) groups excluding carboxylic acids is 2. The standard InChI is InChI=1S/C23H35N3O2/c1-15(2)20(22(28)26-18-10-11-19(26)14-24-13-12-18)25-21(27)16-6-8-17(9-7-16)23(3,4)5/h6-9,15,18-20,24H,10-14H2,1-5H3,(H,25,27). The molecule has 2 amide bonds. The van der Waals surface area contributed by atoms with Gasteiger partial charge in [-0.1, -0.05) is 46.8 Å². The lowest BCUT2D eigenvalue weighted by Gasteiger charge is -2.33. The minimum Gasteiger partial charge on any atom is -0.340 e. The molecule has 3 rings (SSSR count). The van der Waals surface area contributed by atoms with Crippen molar-refractivity contribution >= 4 is 11.8 Å². The van der Waals surface area contributed by atoms with Gasteiger partial charge in [0.05, 0.1) is 0 Å². The summed E-state index contributed by atoms with van der Waals surface area (Å²) in [7, 11) is 0. The van der Waals surface area contributed by atoms with E-state index in [1.54, 1.807) is 0 Å². The van der Waals surface area contributed by atoms with Crippen LogP contribution in [0.1, 0.15) is 69.8 Å². The van der Waals surface area contributed by atoms with Gasteiger partial charge < -0.3 is 15.5 Å². The Balaban J connectivity index is 1.74. The molecule has 28 heavy (non-hydrogen) atoms. The van der Waals surface area contributed by atoms with Crippen LogP contribution in [0.25, 0.3) is 0 Å². The summed E-state index contributed by atoms with van der Waals surface area (Å²) in [5.74, 6) is -0.0559. The molecule has 0 spiro atoms. The van der Waals surface area contributed by atoms with Crippen molar-refractivity contribution in [3.63, 3.8) is 0 Å². The van der Waals surface area contributed by atoms with Gasteiger partial charge in [0.25, 0.3) is 5.91 Å². The lowest BCUT2D eigenvalue weighted by Crippen LogP contribution is -2.55. The van der Waals surface area contributed by atoms with E-state index in [0.717, 1.165) is 32.4 Å². The van der Waals surface area contributed by atoms with Crippen LogP contribution in [0, 0.1) is 5.92 Å². The summed E-state index contributed by atoms with van der Waals surface area (Å²) in [5.41, 5.74) is 1.84. The van der Waals surface area contributed by atoms with E-state index in [0.29, 0.717) is 11.6 Å². The van der Waals surface area contributed by atoms with E-state index >= 15 is 0 Å². The first kappa shape index (κ1) is 20.8. The van der Waals surface area contributed by atoms with E-state index in [4.69, 9.17) is 0 Å². The zero-order valence-corrected chi connectivity index (χ0v) is 17.9. The Kier molecular flexibility index (Phi) is 6.13. The molecule has 1 aromatic carbocycles. The Morgan fingerprint density at radius 3 is 2.32 bits per heavy atom. The highest BCUT2D eigenvalue weighted by Gasteiger charge is 2.41. The third-order valence-corrected chi connectivity index (χ3v) is 6.14. The fraction of sp³-hybridized carbons (Fsp3) is 0.652. The predicted molar refractivity (Wildman–Crippen MR) is 112 cm³/mol. The zero-order chi connectivity index (χ0) is 20.5. The van der Waals surface area contributed by atoms with Gasteiger partial charge in [-0.2, -0.15) is 0 Å². The summed E-state index contributed by atoms with van der Waals surface area (Å²) in [6.07, 6.45) is 3.12. The molecular weight excluding hydrogens is 350 g/mol. The van der Waals surface area contributed by atoms with Gasteiger partial charge in [0.1, 0.15) is 6.04 Å². The maximum Gasteiger partial charge on any atom is 0.251 e. The van der Waals surface area contributed by atoms with E-state index in [2.05, 4.69) is 36.3 Å². The average Bonchev–Trinajstić information content (AvgIpc) is 2.90. The first-order chi connectivity index (χ1) is 13.2. The molecule has 0 aliphatic carbocycles. The van der Waals surface area contributed by atoms with Crippen molar-refractivity contribution in [2.45, 2.75) is 77.4 Å². The summed E-state index contributed by atoms with van der Waals surface area (Å²) in [4.78, 5) is 28.3. The highest BCUT2D eigenvalue weighted by atomic mass is 16.2. The summed E-state index contributed by atoms with van der Waals surface area (Å²) < 4.78 is 0. The summed E-state index contributed by atoms with van der Waals surface area (Å²) in [6.45, 7) is 12.3. The monoisotopic (exact) mass is 385 g/mol. The minimum atomic E-state index is -0.490. The van der Waals surface area contributed by atoms with Gasteiger partial charge in [0.15, 0.2) is 0 Å². The van der Waals surface area contributed by atoms with Crippen LogP contribution < -0.4 is 10.6 Å². The van der Waals surface area contributed by atoms with Crippen molar-refractivity contribution in [1.29, 1.82) is 0 Å². The number of hydrogen-bond acceptors (Lipinski definition) is 3. The van der Waals surface area contributed by atoms with E-state index in [1.165, 1.54) is 5.56 Å². The molecule has 2 bridgehead atoms. The van der Waals surface area contributed by atoms with Crippen molar-refractivity contribution in [3.05, 3.63) is 35.4 Å². The first-order valence-corrected chi connectivity index (χ1v) is 10.6. The quantitative estimate of drug-likeness (QED) is 0.837. The van der Waals surface area contributed by atoms with Crippen LogP contribution in [0.2, 0.25) is 0 Å². The number of benzene rings is 1. The number of fused-ring (bicyclic) bond motifs is 2. The molecule has 5 heteroatoms. The molecule has 2 fully saturated rings. The molecule has 154 valence electrons. The lowest BCUT2D eigenvalue weighted by atomic mass is 9.86. The van der Waals surface area contributed by atoms with Crippen molar-refractivity contribution in [2.24, 2.45) is 5.92 Å². The van der Waals surface area contributed by atoms with Gasteiger partial charge in [0, 0.05) is 24.2 Å². The number of nitrogens with zero attached hydrogens (tertiary/aromatic N) is 1. The van der Waals surface area contributed by atoms with Crippen LogP contribution in [-0.2, 0) is 10.2 Å². The van der Waals surface area contributed by atoms with Gasteiger partial charge in [0.2, 0.25) is 5.91 Å². The van der Waals surface area contributed by atoms with Crippen molar-refractivity contribution < 1.29 is 9.59 Å². The Labute approximate surface area is 169 Å². The summed E-state index contributed by atoms with van der Waals surface area (Å²) in [5, 5.41) is 6.46. The number of rotatable bonds is 4. The fourth-order valence-corrected chi connectivity index (χ4v) is 4.36. The van der Waals surface area contributed by atoms with E-state index in [1.807, 2.05) is 38.1 Å². The van der Waals surface area contributed by atoms with Crippen molar-refractivity contribution in [1.82, 2.24) is 15.5 Å². The van der Waals surface area contributed by atoms with E-state index < -0.39 is 6.04 Å². The summed E-state index contributed by atoms with van der Waals surface area (Å²) in [6, 6.07) is 7.79. The third kappa shape index (κ3) is 4.40. The second kappa shape index (κ2) is 8.24. The number of carbonyl (C=O) groups is 2. The maximum absolute atomic E-state index is 13.4. The topological polar surface area (TPSA) is 61.4 Å². The van der Waals surface area contributed by atoms with E-state index in [-0.39, 0.29) is 29.2 Å². The second-order valence-corrected chi connectivity index (χ2v) is 9.65. The largest absolute Gasteiger partial charge is 0.340 e. The second-order valence-electron chi connectivity index (χ2n) is 9.65. The highest BCUT2D eigenvalue weighted by Crippen LogP contribution is 2.29. The first-order valence-electron chi connectivity index (χ1n) is 10.6. The maximum atomic E-state index is 13.4. The third-order valence-electron chi connectivity index (χ3n) is 6.14. The molecule has 0 saturated carbocycles. The Bertz CT molecular complexity index is 692. The molecule has 0 aromatic heterocycles. The lowest BCUT2D eigenvalue weighted by molar-refractivity contribution is -0.137. The average molecular weight is 386 g/mol. The van der Waals surface area contributed by atoms with Gasteiger partial charge in [-0.3, -0.25) is 9.59 Å². The number of nitrogens with one attached hydrogen (secondary N) is 2. The molecule has 1 aromatic rings. The molecule has 2 aliphatic heterocycles. The van der Waals surface area contributed by atoms with Crippen molar-refractivity contribution in [2.75, 3.05) is 13.1 Å². The SMILES string of the molecule is CC(C)C(NC(=O)c1ccc(C(C)(C)C)cc1)C(=O)N1C2CCNCC1CC2. The zero-order valence-electron chi connectivity index (χ0n) is 17.9. The molecule has 2 aliphatic rings. The minimum absolute atomic E-state index is 0.0425. The van der Waals surface area contributed by atoms with Crippen molar-refractivity contribution in [3.8, 4) is 0 Å². The molecule has 3 atom stereocenters. The van der Waals surface area contributed by atoms with Crippen LogP contribution in [0.4, 0.5) is 0 Å². The number of hydrogen-bond donors (Lipinski definition) is 2. The molecule has 3 unspecified atom stereocenters. The van der Waals surface area contributed by atoms with Crippen LogP contribution in [0.15, 0.2) is 24.3 Å². The van der Waals surface area contributed by atoms with Crippen LogP contribution >= 0.6 is 0 Å². The highest BCUT2D eigenvalue weighted by molar-refractivity contribution is 5.97. The molecule has 0 radical (unpaired) electrons. The molecule has 2 saturated heterocycles. The van der Waals surface area contributed by atoms with Gasteiger partial charge >= 0.3 is 0 Å². The Hall–Kier alpha value is -1.88. The molecular formula is C23H35N3O2. The van der Waals surface area contributed by atoms with Crippen LogP contribution in [-0.4, -0.2) is 47.9 Å². The Morgan fingerprint density at radius 2 is 1.71 bits per heavy atom. The molecule has 5 nitrogen and oxygen atoms in total. The normalized spacial score (nSPS) is 23.4.